The Labute approximate surface area is 84.7 Å². The van der Waals surface area contributed by atoms with Crippen LogP contribution in [-0.2, 0) is 4.79 Å². The molecule has 2 aliphatic rings. The number of likely N-dealkylation sites (tertiary alicyclic amines) is 1. The summed E-state index contributed by atoms with van der Waals surface area (Å²) in [7, 11) is 0. The highest BCUT2D eigenvalue weighted by atomic mass is 16.2. The zero-order chi connectivity index (χ0) is 9.97. The highest BCUT2D eigenvalue weighted by Crippen LogP contribution is 2.30. The Balaban J connectivity index is 1.82. The van der Waals surface area contributed by atoms with Gasteiger partial charge in [-0.3, -0.25) is 4.79 Å². The van der Waals surface area contributed by atoms with Gasteiger partial charge in [-0.05, 0) is 25.2 Å². The van der Waals surface area contributed by atoms with Gasteiger partial charge in [0.05, 0.1) is 6.07 Å². The molecule has 1 saturated carbocycles. The number of nitrogens with zero attached hydrogens (tertiary/aromatic N) is 2. The third kappa shape index (κ3) is 1.75. The second kappa shape index (κ2) is 4.00. The number of amides is 1. The highest BCUT2D eigenvalue weighted by Gasteiger charge is 2.33. The fourth-order valence-corrected chi connectivity index (χ4v) is 2.24. The molecule has 0 radical (unpaired) electrons. The van der Waals surface area contributed by atoms with Crippen LogP contribution in [0.15, 0.2) is 0 Å². The van der Waals surface area contributed by atoms with E-state index >= 15 is 0 Å². The third-order valence-electron chi connectivity index (χ3n) is 3.43. The fraction of sp³-hybridized carbons (Fsp3) is 0.818. The quantitative estimate of drug-likeness (QED) is 0.666. The number of carbonyl (C=O) groups is 1. The summed E-state index contributed by atoms with van der Waals surface area (Å²) in [4.78, 5) is 13.8. The third-order valence-corrected chi connectivity index (χ3v) is 3.43. The van der Waals surface area contributed by atoms with Crippen molar-refractivity contribution in [2.75, 3.05) is 13.1 Å². The molecule has 1 saturated heterocycles. The molecule has 0 aromatic heterocycles. The maximum Gasteiger partial charge on any atom is 0.225 e. The van der Waals surface area contributed by atoms with Gasteiger partial charge in [-0.1, -0.05) is 6.42 Å². The van der Waals surface area contributed by atoms with Crippen LogP contribution in [0.2, 0.25) is 0 Å². The van der Waals surface area contributed by atoms with Gasteiger partial charge in [-0.2, -0.15) is 5.26 Å². The van der Waals surface area contributed by atoms with Crippen LogP contribution in [0.5, 0.6) is 0 Å². The van der Waals surface area contributed by atoms with E-state index in [1.165, 1.54) is 6.42 Å². The topological polar surface area (TPSA) is 44.1 Å². The summed E-state index contributed by atoms with van der Waals surface area (Å²) in [6, 6.07) is 2.19. The van der Waals surface area contributed by atoms with Crippen molar-refractivity contribution >= 4 is 5.91 Å². The fourth-order valence-electron chi connectivity index (χ4n) is 2.24. The number of hydrogen-bond donors (Lipinski definition) is 0. The first-order valence-electron chi connectivity index (χ1n) is 5.47. The van der Waals surface area contributed by atoms with Crippen LogP contribution in [-0.4, -0.2) is 23.9 Å². The molecule has 0 bridgehead atoms. The first-order chi connectivity index (χ1) is 6.81. The highest BCUT2D eigenvalue weighted by molar-refractivity contribution is 5.79. The molecule has 1 aliphatic heterocycles. The molecule has 2 fully saturated rings. The van der Waals surface area contributed by atoms with Crippen molar-refractivity contribution in [3.63, 3.8) is 0 Å². The Morgan fingerprint density at radius 1 is 1.43 bits per heavy atom. The smallest absolute Gasteiger partial charge is 0.225 e. The van der Waals surface area contributed by atoms with Crippen molar-refractivity contribution in [1.29, 1.82) is 5.26 Å². The Morgan fingerprint density at radius 2 is 2.21 bits per heavy atom. The van der Waals surface area contributed by atoms with E-state index in [1.807, 2.05) is 4.90 Å². The second-order valence-electron chi connectivity index (χ2n) is 4.43. The van der Waals surface area contributed by atoms with Crippen LogP contribution in [0.3, 0.4) is 0 Å². The lowest BCUT2D eigenvalue weighted by atomic mass is 9.84. The van der Waals surface area contributed by atoms with E-state index < -0.39 is 0 Å². The molecule has 14 heavy (non-hydrogen) atoms. The molecule has 2 rings (SSSR count). The van der Waals surface area contributed by atoms with Crippen LogP contribution >= 0.6 is 0 Å². The second-order valence-corrected chi connectivity index (χ2v) is 4.43. The normalized spacial score (nSPS) is 27.1. The number of hydrogen-bond acceptors (Lipinski definition) is 2. The molecule has 1 unspecified atom stereocenters. The van der Waals surface area contributed by atoms with Crippen molar-refractivity contribution in [3.05, 3.63) is 0 Å². The molecule has 0 aromatic carbocycles. The van der Waals surface area contributed by atoms with Gasteiger partial charge in [-0.25, -0.2) is 0 Å². The molecule has 3 heteroatoms. The van der Waals surface area contributed by atoms with Crippen LogP contribution in [0.4, 0.5) is 0 Å². The van der Waals surface area contributed by atoms with Crippen LogP contribution in [0.25, 0.3) is 0 Å². The van der Waals surface area contributed by atoms with E-state index in [9.17, 15) is 4.79 Å². The zero-order valence-corrected chi connectivity index (χ0v) is 8.41. The predicted octanol–water partition coefficient (Wildman–Crippen LogP) is 1.55. The Bertz CT molecular complexity index is 265. The molecular formula is C11H16N2O. The van der Waals surface area contributed by atoms with Crippen molar-refractivity contribution < 1.29 is 4.79 Å². The van der Waals surface area contributed by atoms with E-state index in [2.05, 4.69) is 6.07 Å². The van der Waals surface area contributed by atoms with Gasteiger partial charge in [0.1, 0.15) is 0 Å². The minimum absolute atomic E-state index is 0.316. The maximum atomic E-state index is 11.8. The Kier molecular flexibility index (Phi) is 2.72. The standard InChI is InChI=1S/C11H16N2O/c12-6-4-9-5-7-13(8-9)11(14)10-2-1-3-10/h9-10H,1-5,7-8H2. The summed E-state index contributed by atoms with van der Waals surface area (Å²) in [5, 5.41) is 8.56. The van der Waals surface area contributed by atoms with Gasteiger partial charge in [0.15, 0.2) is 0 Å². The van der Waals surface area contributed by atoms with E-state index in [4.69, 9.17) is 5.26 Å². The maximum absolute atomic E-state index is 11.8. The van der Waals surface area contributed by atoms with Gasteiger partial charge in [0, 0.05) is 25.4 Å². The van der Waals surface area contributed by atoms with Crippen molar-refractivity contribution in [3.8, 4) is 6.07 Å². The van der Waals surface area contributed by atoms with E-state index in [0.717, 1.165) is 32.4 Å². The first-order valence-corrected chi connectivity index (χ1v) is 5.47. The Morgan fingerprint density at radius 3 is 2.79 bits per heavy atom. The van der Waals surface area contributed by atoms with Crippen LogP contribution in [0, 0.1) is 23.2 Å². The van der Waals surface area contributed by atoms with Crippen LogP contribution in [0.1, 0.15) is 32.1 Å². The molecule has 1 aliphatic carbocycles. The molecule has 3 nitrogen and oxygen atoms in total. The average Bonchev–Trinajstić information content (AvgIpc) is 2.50. The predicted molar refractivity (Wildman–Crippen MR) is 52.3 cm³/mol. The van der Waals surface area contributed by atoms with Gasteiger partial charge in [0.25, 0.3) is 0 Å². The van der Waals surface area contributed by atoms with E-state index in [1.54, 1.807) is 0 Å². The Hall–Kier alpha value is -1.04. The first kappa shape index (κ1) is 9.51. The molecular weight excluding hydrogens is 176 g/mol. The molecule has 0 N–H and O–H groups in total. The summed E-state index contributed by atoms with van der Waals surface area (Å²) in [6.45, 7) is 1.70. The van der Waals surface area contributed by atoms with Crippen molar-refractivity contribution in [2.24, 2.45) is 11.8 Å². The summed E-state index contributed by atoms with van der Waals surface area (Å²) < 4.78 is 0. The monoisotopic (exact) mass is 192 g/mol. The molecule has 76 valence electrons. The van der Waals surface area contributed by atoms with Gasteiger partial charge in [-0.15, -0.1) is 0 Å². The molecule has 0 spiro atoms. The lowest BCUT2D eigenvalue weighted by molar-refractivity contribution is -0.137. The van der Waals surface area contributed by atoms with Crippen LogP contribution < -0.4 is 0 Å². The summed E-state index contributed by atoms with van der Waals surface area (Å²) in [5.74, 6) is 1.09. The molecule has 1 atom stereocenters. The minimum Gasteiger partial charge on any atom is -0.342 e. The zero-order valence-electron chi connectivity index (χ0n) is 8.41. The lowest BCUT2D eigenvalue weighted by Gasteiger charge is -2.29. The summed E-state index contributed by atoms with van der Waals surface area (Å²) in [6.07, 6.45) is 5.00. The van der Waals surface area contributed by atoms with Crippen molar-refractivity contribution in [2.45, 2.75) is 32.1 Å². The summed E-state index contributed by atoms with van der Waals surface area (Å²) >= 11 is 0. The molecule has 0 aromatic rings. The number of rotatable bonds is 2. The van der Waals surface area contributed by atoms with Gasteiger partial charge in [0.2, 0.25) is 5.91 Å². The molecule has 1 amide bonds. The lowest BCUT2D eigenvalue weighted by Crippen LogP contribution is -2.37. The van der Waals surface area contributed by atoms with Gasteiger partial charge >= 0.3 is 0 Å². The number of nitriles is 1. The SMILES string of the molecule is N#CCC1CCN(C(=O)C2CCC2)C1. The summed E-state index contributed by atoms with van der Waals surface area (Å²) in [5.41, 5.74) is 0. The average molecular weight is 192 g/mol. The largest absolute Gasteiger partial charge is 0.342 e. The van der Waals surface area contributed by atoms with Crippen molar-refractivity contribution in [1.82, 2.24) is 4.90 Å². The number of carbonyl (C=O) groups excluding carboxylic acids is 1. The van der Waals surface area contributed by atoms with E-state index in [0.29, 0.717) is 24.2 Å². The van der Waals surface area contributed by atoms with E-state index in [-0.39, 0.29) is 0 Å². The minimum atomic E-state index is 0.316. The molecule has 1 heterocycles. The van der Waals surface area contributed by atoms with Gasteiger partial charge < -0.3 is 4.90 Å².